The molecule has 2 aromatic rings. The van der Waals surface area contributed by atoms with Crippen LogP contribution >= 0.6 is 0 Å². The van der Waals surface area contributed by atoms with E-state index in [0.29, 0.717) is 16.2 Å². The molecule has 0 spiro atoms. The molecular formula is C34H56. The van der Waals surface area contributed by atoms with Crippen molar-refractivity contribution in [2.24, 2.45) is 22.2 Å². The fraction of sp³-hybridized carbons (Fsp3) is 0.647. The van der Waals surface area contributed by atoms with Crippen LogP contribution in [-0.2, 0) is 25.7 Å². The van der Waals surface area contributed by atoms with Gasteiger partial charge in [-0.2, -0.15) is 0 Å². The van der Waals surface area contributed by atoms with Crippen LogP contribution in [-0.4, -0.2) is 0 Å². The van der Waals surface area contributed by atoms with Crippen LogP contribution in [0, 0.1) is 22.2 Å². The maximum atomic E-state index is 2.27. The van der Waals surface area contributed by atoms with Gasteiger partial charge in [-0.25, -0.2) is 0 Å². The largest absolute Gasteiger partial charge is 0.0623 e. The first-order valence-corrected chi connectivity index (χ1v) is 13.8. The van der Waals surface area contributed by atoms with Crippen molar-refractivity contribution in [3.05, 3.63) is 70.8 Å². The predicted octanol–water partition coefficient (Wildman–Crippen LogP) is 10.5. The van der Waals surface area contributed by atoms with Crippen molar-refractivity contribution in [3.8, 4) is 0 Å². The van der Waals surface area contributed by atoms with Gasteiger partial charge in [0, 0.05) is 0 Å². The van der Waals surface area contributed by atoms with Gasteiger partial charge in [0.05, 0.1) is 0 Å². The molecule has 0 heterocycles. The summed E-state index contributed by atoms with van der Waals surface area (Å²) in [6, 6.07) is 17.5. The molecule has 0 nitrogen and oxygen atoms in total. The lowest BCUT2D eigenvalue weighted by Crippen LogP contribution is -2.25. The van der Waals surface area contributed by atoms with Crippen molar-refractivity contribution in [1.29, 1.82) is 0 Å². The Morgan fingerprint density at radius 3 is 0.912 bits per heavy atom. The molecule has 0 aliphatic heterocycles. The van der Waals surface area contributed by atoms with Crippen LogP contribution in [0.2, 0.25) is 0 Å². The van der Waals surface area contributed by atoms with E-state index < -0.39 is 0 Å². The van der Waals surface area contributed by atoms with Crippen LogP contribution in [0.5, 0.6) is 0 Å². The Balaban J connectivity index is 0.000000229. The first kappa shape index (κ1) is 30.5. The number of hydrogen-bond donors (Lipinski definition) is 0. The third-order valence-electron chi connectivity index (χ3n) is 8.25. The van der Waals surface area contributed by atoms with E-state index in [-0.39, 0.29) is 0 Å². The number of fused-ring (bicyclic) bond motifs is 2. The van der Waals surface area contributed by atoms with Crippen LogP contribution in [0.15, 0.2) is 48.5 Å². The van der Waals surface area contributed by atoms with Gasteiger partial charge in [-0.3, -0.25) is 0 Å². The molecule has 0 aromatic heterocycles. The van der Waals surface area contributed by atoms with Gasteiger partial charge in [-0.05, 0) is 89.4 Å². The summed E-state index contributed by atoms with van der Waals surface area (Å²) in [5.74, 6) is 0.799. The molecule has 0 saturated carbocycles. The minimum absolute atomic E-state index is 0.437. The highest BCUT2D eigenvalue weighted by Crippen LogP contribution is 2.36. The molecule has 0 atom stereocenters. The topological polar surface area (TPSA) is 0 Å². The van der Waals surface area contributed by atoms with Gasteiger partial charge in [0.25, 0.3) is 0 Å². The van der Waals surface area contributed by atoms with Crippen molar-refractivity contribution in [3.63, 3.8) is 0 Å². The van der Waals surface area contributed by atoms with Crippen LogP contribution in [0.4, 0.5) is 0 Å². The van der Waals surface area contributed by atoms with Crippen molar-refractivity contribution in [2.45, 2.75) is 121 Å². The zero-order chi connectivity index (χ0) is 26.0. The van der Waals surface area contributed by atoms with Crippen LogP contribution in [0.1, 0.15) is 118 Å². The van der Waals surface area contributed by atoms with Crippen molar-refractivity contribution in [1.82, 2.24) is 0 Å². The molecule has 2 aliphatic rings. The zero-order valence-corrected chi connectivity index (χ0v) is 24.6. The lowest BCUT2D eigenvalue weighted by atomic mass is 9.71. The summed E-state index contributed by atoms with van der Waals surface area (Å²) in [5, 5.41) is 0. The Labute approximate surface area is 214 Å². The highest BCUT2D eigenvalue weighted by Gasteiger charge is 2.26. The second-order valence-corrected chi connectivity index (χ2v) is 13.6. The molecule has 0 saturated heterocycles. The van der Waals surface area contributed by atoms with Crippen LogP contribution < -0.4 is 0 Å². The number of rotatable bonds is 0. The van der Waals surface area contributed by atoms with Crippen molar-refractivity contribution >= 4 is 0 Å². The monoisotopic (exact) mass is 464 g/mol. The number of benzene rings is 2. The normalized spacial score (nSPS) is 14.9. The molecule has 0 radical (unpaired) electrons. The Morgan fingerprint density at radius 2 is 0.706 bits per heavy atom. The summed E-state index contributed by atoms with van der Waals surface area (Å²) < 4.78 is 0. The average Bonchev–Trinajstić information content (AvgIpc) is 3.22. The standard InChI is InChI=1S/C10H12.C9H10.C8H18.C7H16/c1-2-6-10-8-4-3-7-9(10)5-1;1-2-5-9-7-3-6-8(9)4-1;1-7(2,3)8(4,5)6;1-6(2)7(3,4)5/h1-2,5-6H,3-4,7-8H2;1-2,4-5H,3,6-7H2;1-6H3;6H,1-5H3. The Bertz CT molecular complexity index is 758. The average molecular weight is 465 g/mol. The van der Waals surface area contributed by atoms with Gasteiger partial charge in [0.2, 0.25) is 0 Å². The molecule has 0 heteroatoms. The van der Waals surface area contributed by atoms with E-state index in [4.69, 9.17) is 0 Å². The van der Waals surface area contributed by atoms with Gasteiger partial charge < -0.3 is 0 Å². The van der Waals surface area contributed by atoms with E-state index in [1.807, 2.05) is 0 Å². The van der Waals surface area contributed by atoms with E-state index >= 15 is 0 Å². The Morgan fingerprint density at radius 1 is 0.471 bits per heavy atom. The maximum absolute atomic E-state index is 2.27. The molecule has 4 rings (SSSR count). The number of hydrogen-bond acceptors (Lipinski definition) is 0. The molecular weight excluding hydrogens is 408 g/mol. The fourth-order valence-corrected chi connectivity index (χ4v) is 3.19. The number of aryl methyl sites for hydroxylation is 4. The third-order valence-corrected chi connectivity index (χ3v) is 8.25. The first-order valence-electron chi connectivity index (χ1n) is 13.8. The van der Waals surface area contributed by atoms with Gasteiger partial charge >= 0.3 is 0 Å². The summed E-state index contributed by atoms with van der Waals surface area (Å²) >= 11 is 0. The molecule has 192 valence electrons. The lowest BCUT2D eigenvalue weighted by Gasteiger charge is -2.34. The highest BCUT2D eigenvalue weighted by atomic mass is 14.3. The van der Waals surface area contributed by atoms with E-state index in [1.165, 1.54) is 44.9 Å². The van der Waals surface area contributed by atoms with Crippen molar-refractivity contribution in [2.75, 3.05) is 0 Å². The second kappa shape index (κ2) is 13.5. The lowest BCUT2D eigenvalue weighted by molar-refractivity contribution is 0.157. The van der Waals surface area contributed by atoms with E-state index in [1.54, 1.807) is 22.3 Å². The molecule has 2 aromatic carbocycles. The Hall–Kier alpha value is -1.56. The third kappa shape index (κ3) is 11.2. The van der Waals surface area contributed by atoms with Crippen LogP contribution in [0.3, 0.4) is 0 Å². The highest BCUT2D eigenvalue weighted by molar-refractivity contribution is 5.30. The molecule has 2 aliphatic carbocycles. The summed E-state index contributed by atoms with van der Waals surface area (Å²) in [4.78, 5) is 0. The molecule has 0 bridgehead atoms. The Kier molecular flexibility index (Phi) is 12.1. The van der Waals surface area contributed by atoms with Gasteiger partial charge in [0.15, 0.2) is 0 Å². The van der Waals surface area contributed by atoms with Gasteiger partial charge in [-0.1, -0.05) is 125 Å². The minimum atomic E-state index is 0.437. The molecule has 0 N–H and O–H groups in total. The molecule has 34 heavy (non-hydrogen) atoms. The molecule has 0 amide bonds. The first-order chi connectivity index (χ1) is 15.6. The summed E-state index contributed by atoms with van der Waals surface area (Å²) in [6.45, 7) is 24.9. The zero-order valence-electron chi connectivity index (χ0n) is 24.6. The van der Waals surface area contributed by atoms with Gasteiger partial charge in [0.1, 0.15) is 0 Å². The van der Waals surface area contributed by atoms with E-state index in [9.17, 15) is 0 Å². The maximum Gasteiger partial charge on any atom is -0.0273 e. The molecule has 0 fully saturated rings. The predicted molar refractivity (Wildman–Crippen MR) is 155 cm³/mol. The van der Waals surface area contributed by atoms with Crippen molar-refractivity contribution < 1.29 is 0 Å². The quantitative estimate of drug-likeness (QED) is 0.363. The van der Waals surface area contributed by atoms with E-state index in [0.717, 1.165) is 5.92 Å². The molecule has 0 unspecified atom stereocenters. The minimum Gasteiger partial charge on any atom is -0.0623 e. The summed E-state index contributed by atoms with van der Waals surface area (Å²) in [6.07, 6.45) is 9.34. The van der Waals surface area contributed by atoms with Crippen LogP contribution in [0.25, 0.3) is 0 Å². The smallest absolute Gasteiger partial charge is 0.0273 e. The summed E-state index contributed by atoms with van der Waals surface area (Å²) in [7, 11) is 0. The second-order valence-electron chi connectivity index (χ2n) is 13.6. The fourth-order valence-electron chi connectivity index (χ4n) is 3.19. The van der Waals surface area contributed by atoms with E-state index in [2.05, 4.69) is 125 Å². The summed E-state index contributed by atoms with van der Waals surface area (Å²) in [5.41, 5.74) is 7.66. The SMILES string of the molecule is CC(C)(C)C(C)(C)C.CC(C)C(C)(C)C.c1ccc2c(c1)CCC2.c1ccc2c(c1)CCCC2. The van der Waals surface area contributed by atoms with Gasteiger partial charge in [-0.15, -0.1) is 0 Å².